The van der Waals surface area contributed by atoms with Crippen LogP contribution in [0.25, 0.3) is 12.3 Å². The van der Waals surface area contributed by atoms with Crippen molar-refractivity contribution in [2.24, 2.45) is 5.92 Å². The van der Waals surface area contributed by atoms with Crippen molar-refractivity contribution in [1.82, 2.24) is 15.6 Å². The fraction of sp³-hybridized carbons (Fsp3) is 0.600. The molecule has 0 saturated heterocycles. The van der Waals surface area contributed by atoms with E-state index >= 15 is 0 Å². The minimum atomic E-state index is -3.02. The van der Waals surface area contributed by atoms with Gasteiger partial charge in [0.1, 0.15) is 6.23 Å². The van der Waals surface area contributed by atoms with Crippen molar-refractivity contribution >= 4 is 12.3 Å². The van der Waals surface area contributed by atoms with Gasteiger partial charge < -0.3 is 20.1 Å². The van der Waals surface area contributed by atoms with Crippen molar-refractivity contribution in [3.63, 3.8) is 0 Å². The topological polar surface area (TPSA) is 69.3 Å². The largest absolute Gasteiger partial charge is 0.370 e. The van der Waals surface area contributed by atoms with E-state index in [2.05, 4.69) is 15.6 Å². The molecular weight excluding hydrogens is 311 g/mol. The van der Waals surface area contributed by atoms with Gasteiger partial charge in [0.25, 0.3) is 6.43 Å². The van der Waals surface area contributed by atoms with E-state index < -0.39 is 24.7 Å². The summed E-state index contributed by atoms with van der Waals surface area (Å²) in [4.78, 5) is 3.08. The van der Waals surface area contributed by atoms with Crippen LogP contribution in [-0.4, -0.2) is 42.3 Å². The molecule has 3 unspecified atom stereocenters. The maximum Gasteiger partial charge on any atom is 0.280 e. The number of H-pyrrole nitrogens is 1. The van der Waals surface area contributed by atoms with E-state index in [0.717, 1.165) is 10.6 Å². The zero-order valence-electron chi connectivity index (χ0n) is 13.1. The number of aromatic amines is 1. The van der Waals surface area contributed by atoms with Crippen LogP contribution in [0.5, 0.6) is 0 Å². The quantitative estimate of drug-likeness (QED) is 0.511. The van der Waals surface area contributed by atoms with Crippen LogP contribution < -0.4 is 21.2 Å². The average molecular weight is 333 g/mol. The summed E-state index contributed by atoms with van der Waals surface area (Å²) < 4.78 is 43.9. The van der Waals surface area contributed by atoms with Gasteiger partial charge in [-0.3, -0.25) is 9.71 Å². The van der Waals surface area contributed by atoms with Crippen molar-refractivity contribution in [3.05, 3.63) is 22.3 Å². The number of rotatable bonds is 8. The Morgan fingerprint density at radius 1 is 1.48 bits per heavy atom. The van der Waals surface area contributed by atoms with Crippen LogP contribution in [0.15, 0.2) is 6.07 Å². The van der Waals surface area contributed by atoms with E-state index in [0.29, 0.717) is 5.69 Å². The minimum absolute atomic E-state index is 0.00613. The number of aromatic nitrogens is 1. The molecule has 1 aromatic heterocycles. The number of halogens is 3. The summed E-state index contributed by atoms with van der Waals surface area (Å²) in [6.07, 6.45) is -0.0612. The van der Waals surface area contributed by atoms with Gasteiger partial charge in [-0.1, -0.05) is 6.92 Å². The number of ether oxygens (including phenoxy) is 1. The first kappa shape index (κ1) is 17.8. The van der Waals surface area contributed by atoms with Crippen LogP contribution in [0.2, 0.25) is 0 Å². The van der Waals surface area contributed by atoms with E-state index in [-0.39, 0.29) is 19.2 Å². The summed E-state index contributed by atoms with van der Waals surface area (Å²) in [6.45, 7) is 0.719. The lowest BCUT2D eigenvalue weighted by molar-refractivity contribution is -0.132. The molecule has 0 spiro atoms. The fourth-order valence-electron chi connectivity index (χ4n) is 2.48. The molecule has 2 heterocycles. The molecule has 1 aromatic rings. The van der Waals surface area contributed by atoms with Crippen molar-refractivity contribution in [2.75, 3.05) is 13.8 Å². The molecule has 8 heteroatoms. The number of aliphatic hydroxyl groups is 1. The Bertz CT molecular complexity index is 634. The van der Waals surface area contributed by atoms with Crippen molar-refractivity contribution < 1.29 is 23.0 Å². The number of methoxy groups -OCH3 is 1. The van der Waals surface area contributed by atoms with Crippen LogP contribution >= 0.6 is 0 Å². The molecule has 0 fully saturated rings. The lowest BCUT2D eigenvalue weighted by atomic mass is 10.00. The molecule has 0 aromatic carbocycles. The summed E-state index contributed by atoms with van der Waals surface area (Å²) in [5, 5.41) is 17.2. The molecule has 0 amide bonds. The van der Waals surface area contributed by atoms with Gasteiger partial charge in [-0.2, -0.15) is 0 Å². The maximum absolute atomic E-state index is 13.1. The molecule has 1 aliphatic heterocycles. The lowest BCUT2D eigenvalue weighted by Gasteiger charge is -2.30. The molecule has 23 heavy (non-hydrogen) atoms. The number of alkyl halides is 3. The van der Waals surface area contributed by atoms with Gasteiger partial charge in [0, 0.05) is 42.5 Å². The molecule has 5 nitrogen and oxygen atoms in total. The second kappa shape index (κ2) is 7.37. The third kappa shape index (κ3) is 4.27. The third-order valence-corrected chi connectivity index (χ3v) is 3.78. The Morgan fingerprint density at radius 2 is 2.22 bits per heavy atom. The van der Waals surface area contributed by atoms with Gasteiger partial charge in [-0.05, 0) is 18.1 Å². The molecule has 0 aliphatic carbocycles. The van der Waals surface area contributed by atoms with Gasteiger partial charge in [0.15, 0.2) is 5.72 Å². The van der Waals surface area contributed by atoms with Crippen LogP contribution in [0.3, 0.4) is 0 Å². The highest BCUT2D eigenvalue weighted by Gasteiger charge is 2.38. The molecule has 3 atom stereocenters. The zero-order valence-corrected chi connectivity index (χ0v) is 13.1. The summed E-state index contributed by atoms with van der Waals surface area (Å²) in [7, 11) is 1.56. The van der Waals surface area contributed by atoms with Gasteiger partial charge in [-0.15, -0.1) is 0 Å². The molecule has 130 valence electrons. The fourth-order valence-corrected chi connectivity index (χ4v) is 2.48. The Hall–Kier alpha value is -1.51. The molecule has 0 bridgehead atoms. The van der Waals surface area contributed by atoms with Crippen LogP contribution in [0.4, 0.5) is 13.2 Å². The summed E-state index contributed by atoms with van der Waals surface area (Å²) in [5.74, 6) is -0.660. The second-order valence-electron chi connectivity index (χ2n) is 5.84. The van der Waals surface area contributed by atoms with Gasteiger partial charge >= 0.3 is 0 Å². The standard InChI is InChI=1S/C15H22F3N3O2/c1-9(6-16)5-15(22,14(17)18)20-8-11-3-10-7-19-13(23-2)4-12(10)21-11/h3-4,7,9,13-14,19-22H,5-6,8H2,1-2H3. The normalized spacial score (nSPS) is 20.9. The Kier molecular flexibility index (Phi) is 5.72. The lowest BCUT2D eigenvalue weighted by Crippen LogP contribution is -2.52. The number of nitrogens with one attached hydrogen (secondary N) is 3. The number of hydrogen-bond acceptors (Lipinski definition) is 4. The van der Waals surface area contributed by atoms with E-state index in [1.54, 1.807) is 19.4 Å². The van der Waals surface area contributed by atoms with E-state index in [9.17, 15) is 18.3 Å². The van der Waals surface area contributed by atoms with E-state index in [1.165, 1.54) is 6.92 Å². The predicted molar refractivity (Wildman–Crippen MR) is 80.5 cm³/mol. The first-order valence-electron chi connectivity index (χ1n) is 7.38. The van der Waals surface area contributed by atoms with Crippen LogP contribution in [-0.2, 0) is 11.3 Å². The first-order valence-corrected chi connectivity index (χ1v) is 7.38. The Balaban J connectivity index is 2.09. The average Bonchev–Trinajstić information content (AvgIpc) is 2.94. The molecule has 2 rings (SSSR count). The van der Waals surface area contributed by atoms with Crippen molar-refractivity contribution in [2.45, 2.75) is 38.3 Å². The monoisotopic (exact) mass is 333 g/mol. The highest BCUT2D eigenvalue weighted by Crippen LogP contribution is 2.22. The smallest absolute Gasteiger partial charge is 0.280 e. The third-order valence-electron chi connectivity index (χ3n) is 3.78. The SMILES string of the molecule is COC1C=c2[nH]c(CNC(O)(CC(C)CF)C(F)F)cc2=CN1. The van der Waals surface area contributed by atoms with Crippen molar-refractivity contribution in [1.29, 1.82) is 0 Å². The Morgan fingerprint density at radius 3 is 2.83 bits per heavy atom. The molecular formula is C15H22F3N3O2. The minimum Gasteiger partial charge on any atom is -0.370 e. The maximum atomic E-state index is 13.1. The Labute approximate surface area is 132 Å². The molecule has 0 saturated carbocycles. The number of hydrogen-bond donors (Lipinski definition) is 4. The van der Waals surface area contributed by atoms with E-state index in [4.69, 9.17) is 4.74 Å². The molecule has 0 radical (unpaired) electrons. The second-order valence-corrected chi connectivity index (χ2v) is 5.84. The molecule has 4 N–H and O–H groups in total. The van der Waals surface area contributed by atoms with Gasteiger partial charge in [-0.25, -0.2) is 8.78 Å². The predicted octanol–water partition coefficient (Wildman–Crippen LogP) is 0.148. The zero-order chi connectivity index (χ0) is 17.0. The van der Waals surface area contributed by atoms with Crippen LogP contribution in [0, 0.1) is 5.92 Å². The summed E-state index contributed by atoms with van der Waals surface area (Å²) in [5.41, 5.74) is -1.79. The molecule has 1 aliphatic rings. The highest BCUT2D eigenvalue weighted by molar-refractivity contribution is 5.38. The summed E-state index contributed by atoms with van der Waals surface area (Å²) >= 11 is 0. The number of fused-ring (bicyclic) bond motifs is 1. The summed E-state index contributed by atoms with van der Waals surface area (Å²) in [6, 6.07) is 1.78. The van der Waals surface area contributed by atoms with Gasteiger partial charge in [0.2, 0.25) is 0 Å². The van der Waals surface area contributed by atoms with Crippen molar-refractivity contribution in [3.8, 4) is 0 Å². The first-order chi connectivity index (χ1) is 10.9. The highest BCUT2D eigenvalue weighted by atomic mass is 19.3. The van der Waals surface area contributed by atoms with Gasteiger partial charge in [0.05, 0.1) is 6.67 Å². The van der Waals surface area contributed by atoms with E-state index in [1.807, 2.05) is 6.08 Å². The van der Waals surface area contributed by atoms with Crippen LogP contribution in [0.1, 0.15) is 19.0 Å².